The number of amides is 1. The third-order valence-corrected chi connectivity index (χ3v) is 4.45. The van der Waals surface area contributed by atoms with Crippen LogP contribution in [0.25, 0.3) is 0 Å². The van der Waals surface area contributed by atoms with E-state index in [-0.39, 0.29) is 11.9 Å². The second kappa shape index (κ2) is 7.14. The Morgan fingerprint density at radius 3 is 2.90 bits per heavy atom. The van der Waals surface area contributed by atoms with E-state index in [2.05, 4.69) is 49.6 Å². The highest BCUT2D eigenvalue weighted by Crippen LogP contribution is 2.34. The molecule has 110 valence electrons. The zero-order chi connectivity index (χ0) is 14.5. The van der Waals surface area contributed by atoms with E-state index in [1.165, 1.54) is 11.3 Å². The van der Waals surface area contributed by atoms with Gasteiger partial charge in [-0.2, -0.15) is 0 Å². The van der Waals surface area contributed by atoms with Crippen LogP contribution in [-0.2, 0) is 4.79 Å². The van der Waals surface area contributed by atoms with Crippen LogP contribution in [0.2, 0.25) is 0 Å². The summed E-state index contributed by atoms with van der Waals surface area (Å²) in [5.74, 6) is 1.93. The molecule has 0 bridgehead atoms. The Labute approximate surface area is 125 Å². The summed E-state index contributed by atoms with van der Waals surface area (Å²) in [5.41, 5.74) is 2.05. The lowest BCUT2D eigenvalue weighted by molar-refractivity contribution is -0.117. The summed E-state index contributed by atoms with van der Waals surface area (Å²) < 4.78 is 0. The van der Waals surface area contributed by atoms with Crippen LogP contribution in [0.5, 0.6) is 0 Å². The molecule has 0 aliphatic carbocycles. The first-order valence-corrected chi connectivity index (χ1v) is 8.41. The lowest BCUT2D eigenvalue weighted by Gasteiger charge is -2.10. The highest BCUT2D eigenvalue weighted by molar-refractivity contribution is 7.99. The number of fused-ring (bicyclic) bond motifs is 1. The van der Waals surface area contributed by atoms with Gasteiger partial charge in [-0.1, -0.05) is 26.8 Å². The Bertz CT molecular complexity index is 474. The van der Waals surface area contributed by atoms with Crippen molar-refractivity contribution in [2.75, 3.05) is 17.6 Å². The van der Waals surface area contributed by atoms with E-state index in [1.807, 2.05) is 11.8 Å². The lowest BCUT2D eigenvalue weighted by atomic mass is 10.1. The monoisotopic (exact) mass is 292 g/mol. The highest BCUT2D eigenvalue weighted by Gasteiger charge is 2.29. The van der Waals surface area contributed by atoms with Crippen LogP contribution in [0.1, 0.15) is 45.2 Å². The lowest BCUT2D eigenvalue weighted by Crippen LogP contribution is -2.27. The maximum Gasteiger partial charge on any atom is 0.246 e. The molecule has 0 spiro atoms. The number of carbonyl (C=O) groups is 1. The van der Waals surface area contributed by atoms with Crippen LogP contribution >= 0.6 is 11.8 Å². The van der Waals surface area contributed by atoms with Crippen LogP contribution in [0.4, 0.5) is 5.69 Å². The summed E-state index contributed by atoms with van der Waals surface area (Å²) in [6.07, 6.45) is 2.25. The highest BCUT2D eigenvalue weighted by atomic mass is 32.2. The predicted molar refractivity (Wildman–Crippen MR) is 86.3 cm³/mol. The molecule has 0 radical (unpaired) electrons. The van der Waals surface area contributed by atoms with Gasteiger partial charge in [-0.25, -0.2) is 0 Å². The molecule has 1 aliphatic rings. The molecule has 1 aliphatic heterocycles. The van der Waals surface area contributed by atoms with E-state index >= 15 is 0 Å². The van der Waals surface area contributed by atoms with Crippen molar-refractivity contribution in [2.45, 2.75) is 44.6 Å². The third kappa shape index (κ3) is 3.76. The Hall–Kier alpha value is -1.00. The first kappa shape index (κ1) is 15.4. The summed E-state index contributed by atoms with van der Waals surface area (Å²) in [4.78, 5) is 13.2. The minimum absolute atomic E-state index is 0.0674. The van der Waals surface area contributed by atoms with E-state index in [0.717, 1.165) is 35.9 Å². The molecule has 0 saturated carbocycles. The van der Waals surface area contributed by atoms with Crippen LogP contribution in [0, 0.1) is 5.92 Å². The molecular weight excluding hydrogens is 268 g/mol. The molecule has 1 aromatic carbocycles. The molecule has 1 aromatic rings. The molecule has 20 heavy (non-hydrogen) atoms. The number of benzene rings is 1. The summed E-state index contributed by atoms with van der Waals surface area (Å²) in [5, 5.41) is 6.28. The molecule has 1 atom stereocenters. The minimum atomic E-state index is -0.181. The molecule has 0 fully saturated rings. The summed E-state index contributed by atoms with van der Waals surface area (Å²) >= 11 is 1.86. The Morgan fingerprint density at radius 1 is 1.40 bits per heavy atom. The van der Waals surface area contributed by atoms with Gasteiger partial charge in [0, 0.05) is 16.1 Å². The average molecular weight is 292 g/mol. The van der Waals surface area contributed by atoms with Crippen molar-refractivity contribution in [2.24, 2.45) is 5.92 Å². The number of carbonyl (C=O) groups excluding carboxylic acids is 1. The number of thioether (sulfide) groups is 1. The van der Waals surface area contributed by atoms with E-state index in [0.29, 0.717) is 0 Å². The first-order chi connectivity index (χ1) is 9.61. The molecule has 1 unspecified atom stereocenters. The molecule has 1 amide bonds. The quantitative estimate of drug-likeness (QED) is 0.751. The smallest absolute Gasteiger partial charge is 0.246 e. The van der Waals surface area contributed by atoms with Crippen molar-refractivity contribution in [3.63, 3.8) is 0 Å². The molecule has 2 rings (SSSR count). The SMILES string of the molecule is CCCNC1C(=O)Nc2cc(SCCC(C)C)ccc21. The Morgan fingerprint density at radius 2 is 2.20 bits per heavy atom. The van der Waals surface area contributed by atoms with Crippen molar-refractivity contribution in [3.8, 4) is 0 Å². The average Bonchev–Trinajstić information content (AvgIpc) is 2.71. The minimum Gasteiger partial charge on any atom is -0.324 e. The van der Waals surface area contributed by atoms with Crippen molar-refractivity contribution in [1.29, 1.82) is 0 Å². The van der Waals surface area contributed by atoms with Gasteiger partial charge in [0.05, 0.1) is 0 Å². The third-order valence-electron chi connectivity index (χ3n) is 3.42. The molecule has 0 aromatic heterocycles. The molecule has 2 N–H and O–H groups in total. The van der Waals surface area contributed by atoms with Crippen molar-refractivity contribution in [1.82, 2.24) is 5.32 Å². The fourth-order valence-corrected chi connectivity index (χ4v) is 3.43. The number of hydrogen-bond donors (Lipinski definition) is 2. The van der Waals surface area contributed by atoms with Crippen molar-refractivity contribution >= 4 is 23.4 Å². The van der Waals surface area contributed by atoms with E-state index in [4.69, 9.17) is 0 Å². The number of rotatable bonds is 7. The molecule has 1 heterocycles. The fraction of sp³-hybridized carbons (Fsp3) is 0.562. The maximum atomic E-state index is 12.0. The second-order valence-corrected chi connectivity index (χ2v) is 6.82. The molecular formula is C16H24N2OS. The summed E-state index contributed by atoms with van der Waals surface area (Å²) in [6, 6.07) is 6.13. The molecule has 4 heteroatoms. The number of nitrogens with one attached hydrogen (secondary N) is 2. The van der Waals surface area contributed by atoms with Gasteiger partial charge in [0.2, 0.25) is 5.91 Å². The van der Waals surface area contributed by atoms with E-state index in [9.17, 15) is 4.79 Å². The van der Waals surface area contributed by atoms with Gasteiger partial charge in [-0.05, 0) is 43.2 Å². The number of hydrogen-bond acceptors (Lipinski definition) is 3. The van der Waals surface area contributed by atoms with Gasteiger partial charge in [0.15, 0.2) is 0 Å². The van der Waals surface area contributed by atoms with Gasteiger partial charge in [-0.3, -0.25) is 4.79 Å². The standard InChI is InChI=1S/C16H24N2OS/c1-4-8-17-15-13-6-5-12(20-9-7-11(2)3)10-14(13)18-16(15)19/h5-6,10-11,15,17H,4,7-9H2,1-3H3,(H,18,19). The summed E-state index contributed by atoms with van der Waals surface area (Å²) in [7, 11) is 0. The van der Waals surface area contributed by atoms with Gasteiger partial charge >= 0.3 is 0 Å². The van der Waals surface area contributed by atoms with Gasteiger partial charge in [-0.15, -0.1) is 11.8 Å². The van der Waals surface area contributed by atoms with Crippen molar-refractivity contribution in [3.05, 3.63) is 23.8 Å². The van der Waals surface area contributed by atoms with Gasteiger partial charge < -0.3 is 10.6 Å². The Balaban J connectivity index is 2.02. The zero-order valence-corrected chi connectivity index (χ0v) is 13.3. The first-order valence-electron chi connectivity index (χ1n) is 7.42. The summed E-state index contributed by atoms with van der Waals surface area (Å²) in [6.45, 7) is 7.46. The topological polar surface area (TPSA) is 41.1 Å². The molecule has 3 nitrogen and oxygen atoms in total. The fourth-order valence-electron chi connectivity index (χ4n) is 2.24. The van der Waals surface area contributed by atoms with Crippen molar-refractivity contribution < 1.29 is 4.79 Å². The van der Waals surface area contributed by atoms with Crippen LogP contribution < -0.4 is 10.6 Å². The van der Waals surface area contributed by atoms with Crippen LogP contribution in [0.15, 0.2) is 23.1 Å². The second-order valence-electron chi connectivity index (χ2n) is 5.66. The van der Waals surface area contributed by atoms with Gasteiger partial charge in [0.1, 0.15) is 6.04 Å². The van der Waals surface area contributed by atoms with Crippen LogP contribution in [0.3, 0.4) is 0 Å². The Kier molecular flexibility index (Phi) is 5.49. The predicted octanol–water partition coefficient (Wildman–Crippen LogP) is 3.82. The number of anilines is 1. The van der Waals surface area contributed by atoms with Gasteiger partial charge in [0.25, 0.3) is 0 Å². The van der Waals surface area contributed by atoms with E-state index in [1.54, 1.807) is 0 Å². The molecule has 0 saturated heterocycles. The van der Waals surface area contributed by atoms with Crippen LogP contribution in [-0.4, -0.2) is 18.2 Å². The maximum absolute atomic E-state index is 12.0. The normalized spacial score (nSPS) is 17.4. The zero-order valence-electron chi connectivity index (χ0n) is 12.5. The largest absolute Gasteiger partial charge is 0.324 e. The van der Waals surface area contributed by atoms with E-state index < -0.39 is 0 Å².